The number of hydrogen-bond acceptors (Lipinski definition) is 7. The number of halogens is 1. The van der Waals surface area contributed by atoms with Gasteiger partial charge in [0.1, 0.15) is 10.8 Å². The van der Waals surface area contributed by atoms with Gasteiger partial charge in [0.2, 0.25) is 5.82 Å². The van der Waals surface area contributed by atoms with Gasteiger partial charge in [0.05, 0.1) is 4.92 Å². The van der Waals surface area contributed by atoms with Gasteiger partial charge in [0.15, 0.2) is 6.61 Å². The number of amides is 1. The van der Waals surface area contributed by atoms with Gasteiger partial charge in [-0.15, -0.1) is 0 Å². The summed E-state index contributed by atoms with van der Waals surface area (Å²) in [5.41, 5.74) is 5.77. The molecule has 0 fully saturated rings. The van der Waals surface area contributed by atoms with Crippen LogP contribution in [0.4, 0.5) is 5.69 Å². The van der Waals surface area contributed by atoms with Crippen LogP contribution in [-0.4, -0.2) is 27.6 Å². The monoisotopic (exact) mass is 374 g/mol. The number of ether oxygens (including phenoxy) is 1. The van der Waals surface area contributed by atoms with Gasteiger partial charge in [-0.3, -0.25) is 14.9 Å². The molecule has 0 saturated carbocycles. The van der Waals surface area contributed by atoms with Gasteiger partial charge < -0.3 is 15.0 Å². The van der Waals surface area contributed by atoms with E-state index in [9.17, 15) is 14.9 Å². The molecular weight excluding hydrogens is 364 g/mol. The Balaban J connectivity index is 1.83. The van der Waals surface area contributed by atoms with Crippen molar-refractivity contribution in [2.24, 2.45) is 5.73 Å². The number of rotatable bonds is 6. The first-order valence-electron chi connectivity index (χ1n) is 7.23. The Morgan fingerprint density at radius 1 is 1.23 bits per heavy atom. The van der Waals surface area contributed by atoms with E-state index in [2.05, 4.69) is 10.1 Å². The molecule has 0 saturated heterocycles. The largest absolute Gasteiger partial charge is 0.484 e. The van der Waals surface area contributed by atoms with Gasteiger partial charge >= 0.3 is 0 Å². The van der Waals surface area contributed by atoms with Crippen LogP contribution in [0.15, 0.2) is 47.0 Å². The third-order valence-corrected chi connectivity index (χ3v) is 3.63. The molecule has 2 aromatic carbocycles. The molecule has 10 heteroatoms. The number of hydrogen-bond donors (Lipinski definition) is 1. The Morgan fingerprint density at radius 3 is 2.58 bits per heavy atom. The van der Waals surface area contributed by atoms with Crippen LogP contribution in [0, 0.1) is 10.1 Å². The first-order valence-corrected chi connectivity index (χ1v) is 7.61. The number of benzene rings is 2. The maximum atomic E-state index is 11.0. The zero-order chi connectivity index (χ0) is 18.7. The predicted octanol–water partition coefficient (Wildman–Crippen LogP) is 2.83. The SMILES string of the molecule is NC(=O)COc1ccc(-c2noc(-c3ccc(Cl)c([N+](=O)[O-])c3)n2)cc1. The van der Waals surface area contributed by atoms with Gasteiger partial charge in [-0.2, -0.15) is 4.98 Å². The molecule has 0 aliphatic rings. The topological polar surface area (TPSA) is 134 Å². The zero-order valence-corrected chi connectivity index (χ0v) is 13.8. The zero-order valence-electron chi connectivity index (χ0n) is 13.1. The molecule has 2 N–H and O–H groups in total. The normalized spacial score (nSPS) is 10.5. The molecule has 3 rings (SSSR count). The van der Waals surface area contributed by atoms with Crippen LogP contribution in [0.25, 0.3) is 22.8 Å². The molecule has 3 aromatic rings. The van der Waals surface area contributed by atoms with E-state index in [4.69, 9.17) is 26.6 Å². The molecule has 1 heterocycles. The standard InChI is InChI=1S/C16H11ClN4O5/c17-12-6-3-10(7-13(12)21(23)24)16-19-15(20-26-16)9-1-4-11(5-2-9)25-8-14(18)22/h1-7H,8H2,(H2,18,22). The number of nitro groups is 1. The van der Waals surface area contributed by atoms with Crippen molar-refractivity contribution in [1.29, 1.82) is 0 Å². The number of primary amides is 1. The first-order chi connectivity index (χ1) is 12.4. The third-order valence-electron chi connectivity index (χ3n) is 3.31. The number of carbonyl (C=O) groups excluding carboxylic acids is 1. The number of aromatic nitrogens is 2. The highest BCUT2D eigenvalue weighted by Crippen LogP contribution is 2.30. The lowest BCUT2D eigenvalue weighted by molar-refractivity contribution is -0.384. The molecule has 132 valence electrons. The van der Waals surface area contributed by atoms with E-state index in [1.807, 2.05) is 0 Å². The van der Waals surface area contributed by atoms with Crippen LogP contribution < -0.4 is 10.5 Å². The average molecular weight is 375 g/mol. The van der Waals surface area contributed by atoms with Crippen LogP contribution in [-0.2, 0) is 4.79 Å². The van der Waals surface area contributed by atoms with E-state index in [0.717, 1.165) is 0 Å². The Hall–Kier alpha value is -3.46. The molecule has 26 heavy (non-hydrogen) atoms. The van der Waals surface area contributed by atoms with Crippen LogP contribution in [0.1, 0.15) is 0 Å². The van der Waals surface area contributed by atoms with Crippen molar-refractivity contribution in [3.05, 3.63) is 57.6 Å². The minimum Gasteiger partial charge on any atom is -0.484 e. The van der Waals surface area contributed by atoms with E-state index < -0.39 is 10.8 Å². The highest BCUT2D eigenvalue weighted by molar-refractivity contribution is 6.32. The summed E-state index contributed by atoms with van der Waals surface area (Å²) in [6.45, 7) is -0.221. The predicted molar refractivity (Wildman–Crippen MR) is 91.5 cm³/mol. The quantitative estimate of drug-likeness (QED) is 0.517. The Morgan fingerprint density at radius 2 is 1.92 bits per heavy atom. The average Bonchev–Trinajstić information content (AvgIpc) is 3.10. The van der Waals surface area contributed by atoms with Crippen molar-refractivity contribution in [2.45, 2.75) is 0 Å². The molecule has 0 radical (unpaired) electrons. The van der Waals surface area contributed by atoms with Gasteiger partial charge in [-0.25, -0.2) is 0 Å². The highest BCUT2D eigenvalue weighted by atomic mass is 35.5. The molecule has 0 atom stereocenters. The van der Waals surface area contributed by atoms with Gasteiger partial charge in [0.25, 0.3) is 17.5 Å². The summed E-state index contributed by atoms with van der Waals surface area (Å²) in [5.74, 6) is 0.298. The molecule has 1 aromatic heterocycles. The van der Waals surface area contributed by atoms with Crippen molar-refractivity contribution in [3.8, 4) is 28.6 Å². The number of nitrogens with two attached hydrogens (primary N) is 1. The summed E-state index contributed by atoms with van der Waals surface area (Å²) in [7, 11) is 0. The Kier molecular flexibility index (Phi) is 4.81. The number of nitrogens with zero attached hydrogens (tertiary/aromatic N) is 3. The number of nitro benzene ring substituents is 1. The summed E-state index contributed by atoms with van der Waals surface area (Å²) >= 11 is 5.79. The minimum absolute atomic E-state index is 0.0186. The lowest BCUT2D eigenvalue weighted by Crippen LogP contribution is -2.19. The second-order valence-electron chi connectivity index (χ2n) is 5.13. The molecule has 0 aliphatic carbocycles. The second kappa shape index (κ2) is 7.19. The lowest BCUT2D eigenvalue weighted by Gasteiger charge is -2.03. The maximum absolute atomic E-state index is 11.0. The fraction of sp³-hybridized carbons (Fsp3) is 0.0625. The van der Waals surface area contributed by atoms with Gasteiger partial charge in [-0.05, 0) is 36.4 Å². The molecule has 1 amide bonds. The van der Waals surface area contributed by atoms with E-state index in [0.29, 0.717) is 22.7 Å². The van der Waals surface area contributed by atoms with Crippen molar-refractivity contribution in [3.63, 3.8) is 0 Å². The highest BCUT2D eigenvalue weighted by Gasteiger charge is 2.17. The van der Waals surface area contributed by atoms with Crippen molar-refractivity contribution in [1.82, 2.24) is 10.1 Å². The summed E-state index contributed by atoms with van der Waals surface area (Å²) in [6, 6.07) is 10.8. The fourth-order valence-corrected chi connectivity index (χ4v) is 2.28. The molecular formula is C16H11ClN4O5. The van der Waals surface area contributed by atoms with Crippen molar-refractivity contribution < 1.29 is 19.0 Å². The third kappa shape index (κ3) is 3.78. The Labute approximate surface area is 151 Å². The van der Waals surface area contributed by atoms with Crippen LogP contribution in [0.2, 0.25) is 5.02 Å². The van der Waals surface area contributed by atoms with E-state index in [1.54, 1.807) is 30.3 Å². The summed E-state index contributed by atoms with van der Waals surface area (Å²) in [5, 5.41) is 14.9. The summed E-state index contributed by atoms with van der Waals surface area (Å²) < 4.78 is 10.3. The molecule has 0 bridgehead atoms. The second-order valence-corrected chi connectivity index (χ2v) is 5.53. The summed E-state index contributed by atoms with van der Waals surface area (Å²) in [4.78, 5) is 25.3. The van der Waals surface area contributed by atoms with Crippen LogP contribution in [0.5, 0.6) is 5.75 Å². The van der Waals surface area contributed by atoms with Gasteiger partial charge in [0, 0.05) is 17.2 Å². The van der Waals surface area contributed by atoms with E-state index in [1.165, 1.54) is 12.1 Å². The molecule has 9 nitrogen and oxygen atoms in total. The molecule has 0 unspecified atom stereocenters. The Bertz CT molecular complexity index is 971. The maximum Gasteiger partial charge on any atom is 0.288 e. The van der Waals surface area contributed by atoms with Crippen LogP contribution in [0.3, 0.4) is 0 Å². The fourth-order valence-electron chi connectivity index (χ4n) is 2.10. The van der Waals surface area contributed by atoms with Crippen molar-refractivity contribution in [2.75, 3.05) is 6.61 Å². The van der Waals surface area contributed by atoms with Gasteiger partial charge in [-0.1, -0.05) is 16.8 Å². The molecule has 0 spiro atoms. The molecule has 0 aliphatic heterocycles. The smallest absolute Gasteiger partial charge is 0.288 e. The van der Waals surface area contributed by atoms with E-state index in [-0.39, 0.29) is 23.2 Å². The van der Waals surface area contributed by atoms with Crippen molar-refractivity contribution >= 4 is 23.2 Å². The van der Waals surface area contributed by atoms with E-state index >= 15 is 0 Å². The van der Waals surface area contributed by atoms with Crippen LogP contribution >= 0.6 is 11.6 Å². The minimum atomic E-state index is -0.589. The first kappa shape index (κ1) is 17.4. The lowest BCUT2D eigenvalue weighted by atomic mass is 10.2. The summed E-state index contributed by atoms with van der Waals surface area (Å²) in [6.07, 6.45) is 0. The number of carbonyl (C=O) groups is 1.